The number of amides is 2. The predicted molar refractivity (Wildman–Crippen MR) is 128 cm³/mol. The highest BCUT2D eigenvalue weighted by Crippen LogP contribution is 2.37. The molecule has 1 N–H and O–H groups in total. The fourth-order valence-corrected chi connectivity index (χ4v) is 4.40. The van der Waals surface area contributed by atoms with E-state index in [1.165, 1.54) is 6.92 Å². The summed E-state index contributed by atoms with van der Waals surface area (Å²) in [4.78, 5) is 44.3. The van der Waals surface area contributed by atoms with Gasteiger partial charge in [-0.1, -0.05) is 54.6 Å². The lowest BCUT2D eigenvalue weighted by atomic mass is 9.95. The fourth-order valence-electron chi connectivity index (χ4n) is 4.40. The van der Waals surface area contributed by atoms with Gasteiger partial charge in [-0.2, -0.15) is 0 Å². The van der Waals surface area contributed by atoms with Crippen molar-refractivity contribution in [3.05, 3.63) is 101 Å². The number of aliphatic imine (C=N–C) groups is 1. The smallest absolute Gasteiger partial charge is 0.302 e. The van der Waals surface area contributed by atoms with E-state index in [4.69, 9.17) is 9.73 Å². The van der Waals surface area contributed by atoms with Crippen LogP contribution in [0.3, 0.4) is 0 Å². The molecule has 1 atom stereocenters. The topological polar surface area (TPSA) is 88.1 Å². The van der Waals surface area contributed by atoms with Crippen LogP contribution in [0.15, 0.2) is 77.8 Å². The summed E-state index contributed by atoms with van der Waals surface area (Å²) >= 11 is 0. The second-order valence-corrected chi connectivity index (χ2v) is 8.26. The molecular formula is C27H23N3O4. The summed E-state index contributed by atoms with van der Waals surface area (Å²) in [6, 6.07) is 22.2. The number of benzene rings is 3. The monoisotopic (exact) mass is 453 g/mol. The highest BCUT2D eigenvalue weighted by Gasteiger charge is 2.37. The molecule has 0 radical (unpaired) electrons. The summed E-state index contributed by atoms with van der Waals surface area (Å²) in [5.74, 6) is -0.997. The van der Waals surface area contributed by atoms with Crippen LogP contribution in [0.25, 0.3) is 0 Å². The van der Waals surface area contributed by atoms with Gasteiger partial charge < -0.3 is 15.0 Å². The lowest BCUT2D eigenvalue weighted by Crippen LogP contribution is -2.46. The Balaban J connectivity index is 1.61. The summed E-state index contributed by atoms with van der Waals surface area (Å²) in [7, 11) is 0. The van der Waals surface area contributed by atoms with Gasteiger partial charge in [0.1, 0.15) is 6.61 Å². The van der Waals surface area contributed by atoms with E-state index in [1.54, 1.807) is 29.2 Å². The Kier molecular flexibility index (Phi) is 5.67. The van der Waals surface area contributed by atoms with E-state index in [2.05, 4.69) is 5.32 Å². The Morgan fingerprint density at radius 1 is 1.06 bits per heavy atom. The minimum Gasteiger partial charge on any atom is -0.461 e. The molecule has 2 amide bonds. The van der Waals surface area contributed by atoms with Crippen LogP contribution < -0.4 is 10.2 Å². The van der Waals surface area contributed by atoms with Gasteiger partial charge in [0.25, 0.3) is 11.8 Å². The first-order valence-corrected chi connectivity index (χ1v) is 11.1. The Bertz CT molecular complexity index is 1300. The molecule has 0 saturated carbocycles. The lowest BCUT2D eigenvalue weighted by Gasteiger charge is -2.21. The number of anilines is 1. The van der Waals surface area contributed by atoms with Crippen LogP contribution >= 0.6 is 0 Å². The van der Waals surface area contributed by atoms with E-state index in [0.717, 1.165) is 27.9 Å². The van der Waals surface area contributed by atoms with E-state index in [-0.39, 0.29) is 24.4 Å². The summed E-state index contributed by atoms with van der Waals surface area (Å²) in [5.41, 5.74) is 5.30. The predicted octanol–water partition coefficient (Wildman–Crippen LogP) is 3.25. The van der Waals surface area contributed by atoms with Gasteiger partial charge >= 0.3 is 5.97 Å². The molecule has 2 aliphatic rings. The number of hydrogen-bond acceptors (Lipinski definition) is 5. The van der Waals surface area contributed by atoms with Crippen LogP contribution in [0, 0.1) is 0 Å². The number of carbonyl (C=O) groups is 3. The molecule has 2 aliphatic heterocycles. The number of nitrogens with zero attached hydrogens (tertiary/aromatic N) is 2. The van der Waals surface area contributed by atoms with Crippen LogP contribution in [-0.2, 0) is 27.4 Å². The molecule has 170 valence electrons. The van der Waals surface area contributed by atoms with Crippen molar-refractivity contribution in [2.24, 2.45) is 4.99 Å². The average molecular weight is 453 g/mol. The van der Waals surface area contributed by atoms with Crippen LogP contribution in [0.1, 0.15) is 39.5 Å². The minimum absolute atomic E-state index is 0.139. The van der Waals surface area contributed by atoms with E-state index in [9.17, 15) is 14.4 Å². The van der Waals surface area contributed by atoms with Crippen LogP contribution in [0.2, 0.25) is 0 Å². The van der Waals surface area contributed by atoms with Crippen molar-refractivity contribution in [2.75, 3.05) is 11.4 Å². The SMILES string of the molecule is CC(=O)OCc1cc2c3c(c1)C(c1ccccc1)=NC(NC(=O)c1ccccc1)C(=O)N3CC2. The maximum Gasteiger partial charge on any atom is 0.302 e. The van der Waals surface area contributed by atoms with Gasteiger partial charge in [0.15, 0.2) is 0 Å². The molecule has 0 bridgehead atoms. The molecule has 3 aromatic carbocycles. The molecule has 0 saturated heterocycles. The quantitative estimate of drug-likeness (QED) is 0.601. The third-order valence-electron chi connectivity index (χ3n) is 5.93. The highest BCUT2D eigenvalue weighted by molar-refractivity contribution is 6.21. The highest BCUT2D eigenvalue weighted by atomic mass is 16.5. The van der Waals surface area contributed by atoms with Gasteiger partial charge in [-0.05, 0) is 35.7 Å². The van der Waals surface area contributed by atoms with Gasteiger partial charge in [-0.25, -0.2) is 4.99 Å². The Morgan fingerprint density at radius 3 is 2.47 bits per heavy atom. The van der Waals surface area contributed by atoms with Crippen molar-refractivity contribution in [2.45, 2.75) is 26.1 Å². The number of ether oxygens (including phenoxy) is 1. The molecule has 0 aromatic heterocycles. The normalized spacial score (nSPS) is 16.4. The molecule has 34 heavy (non-hydrogen) atoms. The van der Waals surface area contributed by atoms with Crippen molar-refractivity contribution in [1.29, 1.82) is 0 Å². The first kappa shape index (κ1) is 21.6. The van der Waals surface area contributed by atoms with Crippen molar-refractivity contribution < 1.29 is 19.1 Å². The number of carbonyl (C=O) groups excluding carboxylic acids is 3. The lowest BCUT2D eigenvalue weighted by molar-refractivity contribution is -0.142. The summed E-state index contributed by atoms with van der Waals surface area (Å²) in [6.07, 6.45) is -0.401. The molecule has 5 rings (SSSR count). The number of esters is 1. The molecular weight excluding hydrogens is 430 g/mol. The second kappa shape index (κ2) is 8.94. The van der Waals surface area contributed by atoms with Crippen molar-refractivity contribution in [3.8, 4) is 0 Å². The zero-order valence-corrected chi connectivity index (χ0v) is 18.7. The Labute approximate surface area is 197 Å². The summed E-state index contributed by atoms with van der Waals surface area (Å²) < 4.78 is 5.23. The van der Waals surface area contributed by atoms with Gasteiger partial charge in [-0.3, -0.25) is 14.4 Å². The van der Waals surface area contributed by atoms with Crippen LogP contribution in [0.5, 0.6) is 0 Å². The van der Waals surface area contributed by atoms with Crippen molar-refractivity contribution in [1.82, 2.24) is 5.32 Å². The van der Waals surface area contributed by atoms with E-state index in [1.807, 2.05) is 48.5 Å². The zero-order chi connectivity index (χ0) is 23.7. The average Bonchev–Trinajstić information content (AvgIpc) is 3.25. The molecule has 2 heterocycles. The summed E-state index contributed by atoms with van der Waals surface area (Å²) in [6.45, 7) is 2.01. The van der Waals surface area contributed by atoms with E-state index in [0.29, 0.717) is 24.2 Å². The standard InChI is InChI=1S/C27H23N3O4/c1-17(31)34-16-18-14-21-12-13-30-24(21)22(15-18)23(19-8-4-2-5-9-19)28-25(27(30)33)29-26(32)20-10-6-3-7-11-20/h2-11,14-15,25H,12-13,16H2,1H3,(H,29,32). The number of hydrogen-bond donors (Lipinski definition) is 1. The Hall–Kier alpha value is -4.26. The van der Waals surface area contributed by atoms with Gasteiger partial charge in [-0.15, -0.1) is 0 Å². The third-order valence-corrected chi connectivity index (χ3v) is 5.93. The molecule has 7 heteroatoms. The van der Waals surface area contributed by atoms with Crippen LogP contribution in [-0.4, -0.2) is 36.2 Å². The Morgan fingerprint density at radius 2 is 1.76 bits per heavy atom. The maximum atomic E-state index is 13.6. The summed E-state index contributed by atoms with van der Waals surface area (Å²) in [5, 5.41) is 2.81. The maximum absolute atomic E-state index is 13.6. The number of nitrogens with one attached hydrogen (secondary N) is 1. The first-order chi connectivity index (χ1) is 16.5. The number of rotatable bonds is 5. The minimum atomic E-state index is -1.07. The van der Waals surface area contributed by atoms with Gasteiger partial charge in [0.2, 0.25) is 6.17 Å². The fraction of sp³-hybridized carbons (Fsp3) is 0.185. The van der Waals surface area contributed by atoms with E-state index < -0.39 is 6.17 Å². The van der Waals surface area contributed by atoms with Gasteiger partial charge in [0.05, 0.1) is 11.4 Å². The zero-order valence-electron chi connectivity index (χ0n) is 18.7. The largest absolute Gasteiger partial charge is 0.461 e. The molecule has 0 spiro atoms. The van der Waals surface area contributed by atoms with E-state index >= 15 is 0 Å². The van der Waals surface area contributed by atoms with Gasteiger partial charge in [0, 0.05) is 30.2 Å². The first-order valence-electron chi connectivity index (χ1n) is 11.1. The second-order valence-electron chi connectivity index (χ2n) is 8.26. The molecule has 1 unspecified atom stereocenters. The molecule has 7 nitrogen and oxygen atoms in total. The molecule has 3 aromatic rings. The molecule has 0 fully saturated rings. The third kappa shape index (κ3) is 4.08. The van der Waals surface area contributed by atoms with Crippen molar-refractivity contribution in [3.63, 3.8) is 0 Å². The van der Waals surface area contributed by atoms with Crippen molar-refractivity contribution >= 4 is 29.2 Å². The van der Waals surface area contributed by atoms with Crippen LogP contribution in [0.4, 0.5) is 5.69 Å². The molecule has 0 aliphatic carbocycles.